The zero-order valence-corrected chi connectivity index (χ0v) is 9.79. The molecule has 0 bridgehead atoms. The molecule has 0 radical (unpaired) electrons. The lowest BCUT2D eigenvalue weighted by Crippen LogP contribution is -2.10. The van der Waals surface area contributed by atoms with Crippen LogP contribution in [0.25, 0.3) is 0 Å². The lowest BCUT2D eigenvalue weighted by atomic mass is 9.90. The second kappa shape index (κ2) is 5.15. The van der Waals surface area contributed by atoms with Crippen molar-refractivity contribution < 1.29 is 9.53 Å². The van der Waals surface area contributed by atoms with Crippen LogP contribution < -0.4 is 4.74 Å². The van der Waals surface area contributed by atoms with Crippen LogP contribution in [-0.4, -0.2) is 12.4 Å². The van der Waals surface area contributed by atoms with Gasteiger partial charge in [0, 0.05) is 12.0 Å². The highest BCUT2D eigenvalue weighted by Gasteiger charge is 2.17. The van der Waals surface area contributed by atoms with E-state index in [4.69, 9.17) is 4.74 Å². The fraction of sp³-hybridized carbons (Fsp3) is 0.500. The van der Waals surface area contributed by atoms with Crippen molar-refractivity contribution in [3.05, 3.63) is 29.3 Å². The molecule has 1 aliphatic carbocycles. The molecular formula is C14H18O2. The summed E-state index contributed by atoms with van der Waals surface area (Å²) in [6, 6.07) is 5.86. The molecule has 0 atom stereocenters. The number of unbranched alkanes of at least 4 members (excludes halogenated alkanes) is 1. The molecule has 0 N–H and O–H groups in total. The molecule has 0 fully saturated rings. The fourth-order valence-electron chi connectivity index (χ4n) is 2.05. The van der Waals surface area contributed by atoms with Crippen molar-refractivity contribution in [1.82, 2.24) is 0 Å². The van der Waals surface area contributed by atoms with Gasteiger partial charge in [-0.3, -0.25) is 4.79 Å². The summed E-state index contributed by atoms with van der Waals surface area (Å²) in [5.41, 5.74) is 2.05. The van der Waals surface area contributed by atoms with E-state index in [0.717, 1.165) is 49.2 Å². The average molecular weight is 218 g/mol. The molecule has 0 aromatic heterocycles. The lowest BCUT2D eigenvalue weighted by molar-refractivity contribution is 0.0972. The van der Waals surface area contributed by atoms with Crippen LogP contribution in [-0.2, 0) is 6.42 Å². The van der Waals surface area contributed by atoms with Gasteiger partial charge in [-0.2, -0.15) is 0 Å². The molecule has 2 rings (SSSR count). The van der Waals surface area contributed by atoms with Crippen LogP contribution in [0.15, 0.2) is 18.2 Å². The van der Waals surface area contributed by atoms with Gasteiger partial charge in [0.1, 0.15) is 5.75 Å². The minimum absolute atomic E-state index is 0.279. The maximum absolute atomic E-state index is 11.6. The van der Waals surface area contributed by atoms with Crippen molar-refractivity contribution in [3.8, 4) is 5.75 Å². The molecule has 0 spiro atoms. The van der Waals surface area contributed by atoms with Gasteiger partial charge >= 0.3 is 0 Å². The third-order valence-electron chi connectivity index (χ3n) is 2.99. The Balaban J connectivity index is 2.09. The second-order valence-corrected chi connectivity index (χ2v) is 4.30. The van der Waals surface area contributed by atoms with Crippen molar-refractivity contribution in [2.24, 2.45) is 0 Å². The lowest BCUT2D eigenvalue weighted by Gasteiger charge is -2.15. The number of carbonyl (C=O) groups is 1. The third-order valence-corrected chi connectivity index (χ3v) is 2.99. The first-order chi connectivity index (χ1) is 7.81. The summed E-state index contributed by atoms with van der Waals surface area (Å²) < 4.78 is 5.64. The van der Waals surface area contributed by atoms with Gasteiger partial charge in [-0.25, -0.2) is 0 Å². The Bertz CT molecular complexity index is 382. The normalized spacial score (nSPS) is 14.7. The van der Waals surface area contributed by atoms with Crippen LogP contribution in [0.5, 0.6) is 5.75 Å². The summed E-state index contributed by atoms with van der Waals surface area (Å²) in [7, 11) is 0. The number of aryl methyl sites for hydroxylation is 1. The molecule has 0 amide bonds. The van der Waals surface area contributed by atoms with E-state index in [0.29, 0.717) is 6.42 Å². The first-order valence-corrected chi connectivity index (χ1v) is 6.10. The molecule has 1 aromatic carbocycles. The molecular weight excluding hydrogens is 200 g/mol. The molecule has 0 saturated carbocycles. The molecule has 16 heavy (non-hydrogen) atoms. The molecule has 2 nitrogen and oxygen atoms in total. The van der Waals surface area contributed by atoms with Gasteiger partial charge in [0.05, 0.1) is 6.61 Å². The van der Waals surface area contributed by atoms with Crippen LogP contribution in [0.2, 0.25) is 0 Å². The minimum Gasteiger partial charge on any atom is -0.494 e. The maximum Gasteiger partial charge on any atom is 0.163 e. The number of benzene rings is 1. The number of Topliss-reactive ketones (excluding diaryl/α,β-unsaturated/α-hetero) is 1. The van der Waals surface area contributed by atoms with Crippen LogP contribution in [0.1, 0.15) is 48.5 Å². The van der Waals surface area contributed by atoms with E-state index < -0.39 is 0 Å². The molecule has 0 heterocycles. The predicted molar refractivity (Wildman–Crippen MR) is 64.1 cm³/mol. The Morgan fingerprint density at radius 2 is 2.19 bits per heavy atom. The van der Waals surface area contributed by atoms with E-state index in [9.17, 15) is 4.79 Å². The predicted octanol–water partition coefficient (Wildman–Crippen LogP) is 3.38. The van der Waals surface area contributed by atoms with E-state index in [1.165, 1.54) is 0 Å². The maximum atomic E-state index is 11.6. The summed E-state index contributed by atoms with van der Waals surface area (Å²) in [5, 5.41) is 0. The molecule has 0 aliphatic heterocycles. The molecule has 86 valence electrons. The zero-order valence-electron chi connectivity index (χ0n) is 9.79. The number of ether oxygens (including phenoxy) is 1. The van der Waals surface area contributed by atoms with Crippen molar-refractivity contribution in [1.29, 1.82) is 0 Å². The minimum atomic E-state index is 0.279. The van der Waals surface area contributed by atoms with Crippen molar-refractivity contribution in [2.75, 3.05) is 6.61 Å². The summed E-state index contributed by atoms with van der Waals surface area (Å²) in [4.78, 5) is 11.6. The molecule has 1 aromatic rings. The summed E-state index contributed by atoms with van der Waals surface area (Å²) >= 11 is 0. The largest absolute Gasteiger partial charge is 0.494 e. The Morgan fingerprint density at radius 3 is 3.00 bits per heavy atom. The highest BCUT2D eigenvalue weighted by atomic mass is 16.5. The number of carbonyl (C=O) groups excluding carboxylic acids is 1. The quantitative estimate of drug-likeness (QED) is 0.724. The Morgan fingerprint density at radius 1 is 1.31 bits per heavy atom. The molecule has 0 saturated heterocycles. The van der Waals surface area contributed by atoms with Gasteiger partial charge in [0.15, 0.2) is 5.78 Å². The Kier molecular flexibility index (Phi) is 3.60. The van der Waals surface area contributed by atoms with Crippen LogP contribution >= 0.6 is 0 Å². The molecule has 2 heteroatoms. The van der Waals surface area contributed by atoms with Crippen LogP contribution in [0.4, 0.5) is 0 Å². The zero-order chi connectivity index (χ0) is 11.4. The SMILES string of the molecule is CCCCOc1ccc2c(c1)CCCC2=O. The molecule has 0 unspecified atom stereocenters. The number of hydrogen-bond acceptors (Lipinski definition) is 2. The van der Waals surface area contributed by atoms with Gasteiger partial charge in [0.2, 0.25) is 0 Å². The number of ketones is 1. The topological polar surface area (TPSA) is 26.3 Å². The standard InChI is InChI=1S/C14H18O2/c1-2-3-9-16-12-7-8-13-11(10-12)5-4-6-14(13)15/h7-8,10H,2-6,9H2,1H3. The Labute approximate surface area is 96.6 Å². The number of fused-ring (bicyclic) bond motifs is 1. The summed E-state index contributed by atoms with van der Waals surface area (Å²) in [6.45, 7) is 2.91. The first kappa shape index (κ1) is 11.2. The van der Waals surface area contributed by atoms with Gasteiger partial charge in [-0.1, -0.05) is 13.3 Å². The van der Waals surface area contributed by atoms with Crippen molar-refractivity contribution in [2.45, 2.75) is 39.0 Å². The van der Waals surface area contributed by atoms with Crippen LogP contribution in [0, 0.1) is 0 Å². The van der Waals surface area contributed by atoms with Gasteiger partial charge < -0.3 is 4.74 Å². The van der Waals surface area contributed by atoms with Crippen LogP contribution in [0.3, 0.4) is 0 Å². The fourth-order valence-corrected chi connectivity index (χ4v) is 2.05. The van der Waals surface area contributed by atoms with E-state index >= 15 is 0 Å². The Hall–Kier alpha value is -1.31. The second-order valence-electron chi connectivity index (χ2n) is 4.30. The monoisotopic (exact) mass is 218 g/mol. The first-order valence-electron chi connectivity index (χ1n) is 6.10. The van der Waals surface area contributed by atoms with E-state index in [-0.39, 0.29) is 5.78 Å². The highest BCUT2D eigenvalue weighted by molar-refractivity contribution is 5.98. The van der Waals surface area contributed by atoms with Crippen molar-refractivity contribution >= 4 is 5.78 Å². The average Bonchev–Trinajstić information content (AvgIpc) is 2.30. The van der Waals surface area contributed by atoms with Gasteiger partial charge in [0.25, 0.3) is 0 Å². The number of rotatable bonds is 4. The summed E-state index contributed by atoms with van der Waals surface area (Å²) in [5.74, 6) is 1.18. The van der Waals surface area contributed by atoms with Gasteiger partial charge in [-0.05, 0) is 43.0 Å². The smallest absolute Gasteiger partial charge is 0.163 e. The van der Waals surface area contributed by atoms with E-state index in [1.807, 2.05) is 18.2 Å². The van der Waals surface area contributed by atoms with E-state index in [2.05, 4.69) is 6.92 Å². The van der Waals surface area contributed by atoms with Crippen molar-refractivity contribution in [3.63, 3.8) is 0 Å². The molecule has 1 aliphatic rings. The van der Waals surface area contributed by atoms with E-state index in [1.54, 1.807) is 0 Å². The number of hydrogen-bond donors (Lipinski definition) is 0. The summed E-state index contributed by atoms with van der Waals surface area (Å²) in [6.07, 6.45) is 4.90. The highest BCUT2D eigenvalue weighted by Crippen LogP contribution is 2.25. The van der Waals surface area contributed by atoms with Gasteiger partial charge in [-0.15, -0.1) is 0 Å². The third kappa shape index (κ3) is 2.43.